The molecular weight excluding hydrogens is 250 g/mol. The zero-order valence-corrected chi connectivity index (χ0v) is 12.0. The molecule has 20 heavy (non-hydrogen) atoms. The number of benzene rings is 1. The van der Waals surface area contributed by atoms with Gasteiger partial charge in [0.1, 0.15) is 0 Å². The maximum Gasteiger partial charge on any atom is 0.230 e. The first kappa shape index (κ1) is 14.5. The average molecular weight is 271 g/mol. The molecule has 4 nitrogen and oxygen atoms in total. The lowest BCUT2D eigenvalue weighted by atomic mass is 9.95. The SMILES string of the molecule is CCC(C(=O)N1CCN(CC#N)CC1)c1ccccc1. The van der Waals surface area contributed by atoms with Gasteiger partial charge in [-0.3, -0.25) is 9.69 Å². The molecule has 0 spiro atoms. The third-order valence-electron chi connectivity index (χ3n) is 3.89. The Labute approximate surface area is 120 Å². The molecule has 0 radical (unpaired) electrons. The zero-order chi connectivity index (χ0) is 14.4. The summed E-state index contributed by atoms with van der Waals surface area (Å²) in [6, 6.07) is 12.2. The third kappa shape index (κ3) is 3.37. The van der Waals surface area contributed by atoms with Crippen molar-refractivity contribution in [1.29, 1.82) is 5.26 Å². The standard InChI is InChI=1S/C16H21N3O/c1-2-15(14-6-4-3-5-7-14)16(20)19-12-10-18(9-8-17)11-13-19/h3-7,15H,2,9-13H2,1H3. The van der Waals surface area contributed by atoms with E-state index in [-0.39, 0.29) is 11.8 Å². The quantitative estimate of drug-likeness (QED) is 0.785. The van der Waals surface area contributed by atoms with Gasteiger partial charge in [0.2, 0.25) is 5.91 Å². The molecule has 1 atom stereocenters. The van der Waals surface area contributed by atoms with Crippen LogP contribution < -0.4 is 0 Å². The maximum atomic E-state index is 12.6. The summed E-state index contributed by atoms with van der Waals surface area (Å²) in [5.41, 5.74) is 1.10. The van der Waals surface area contributed by atoms with Crippen LogP contribution in [0.25, 0.3) is 0 Å². The second-order valence-electron chi connectivity index (χ2n) is 5.13. The van der Waals surface area contributed by atoms with Crippen LogP contribution in [0.15, 0.2) is 30.3 Å². The fourth-order valence-electron chi connectivity index (χ4n) is 2.69. The molecule has 1 saturated heterocycles. The van der Waals surface area contributed by atoms with Crippen LogP contribution in [0.4, 0.5) is 0 Å². The van der Waals surface area contributed by atoms with Crippen molar-refractivity contribution >= 4 is 5.91 Å². The molecule has 1 unspecified atom stereocenters. The highest BCUT2D eigenvalue weighted by Gasteiger charge is 2.27. The van der Waals surface area contributed by atoms with Gasteiger partial charge >= 0.3 is 0 Å². The number of rotatable bonds is 4. The summed E-state index contributed by atoms with van der Waals surface area (Å²) < 4.78 is 0. The predicted molar refractivity (Wildman–Crippen MR) is 78.1 cm³/mol. The number of piperazine rings is 1. The predicted octanol–water partition coefficient (Wildman–Crippen LogP) is 1.85. The number of hydrogen-bond donors (Lipinski definition) is 0. The van der Waals surface area contributed by atoms with Gasteiger partial charge in [0.15, 0.2) is 0 Å². The Morgan fingerprint density at radius 1 is 1.25 bits per heavy atom. The molecule has 1 aromatic carbocycles. The van der Waals surface area contributed by atoms with Crippen molar-refractivity contribution in [2.24, 2.45) is 0 Å². The summed E-state index contributed by atoms with van der Waals surface area (Å²) in [5.74, 6) is 0.175. The van der Waals surface area contributed by atoms with E-state index in [9.17, 15) is 4.79 Å². The van der Waals surface area contributed by atoms with Gasteiger partial charge in [-0.2, -0.15) is 5.26 Å². The van der Waals surface area contributed by atoms with E-state index in [1.165, 1.54) is 0 Å². The summed E-state index contributed by atoms with van der Waals surface area (Å²) in [4.78, 5) is 16.7. The van der Waals surface area contributed by atoms with Crippen LogP contribution in [-0.4, -0.2) is 48.4 Å². The Morgan fingerprint density at radius 3 is 2.45 bits per heavy atom. The normalized spacial score (nSPS) is 17.5. The van der Waals surface area contributed by atoms with Crippen LogP contribution in [0.5, 0.6) is 0 Å². The molecule has 1 aromatic rings. The number of carbonyl (C=O) groups excluding carboxylic acids is 1. The number of hydrogen-bond acceptors (Lipinski definition) is 3. The van der Waals surface area contributed by atoms with E-state index < -0.39 is 0 Å². The monoisotopic (exact) mass is 271 g/mol. The molecule has 4 heteroatoms. The minimum Gasteiger partial charge on any atom is -0.340 e. The van der Waals surface area contributed by atoms with E-state index in [1.54, 1.807) is 0 Å². The van der Waals surface area contributed by atoms with E-state index in [2.05, 4.69) is 17.9 Å². The van der Waals surface area contributed by atoms with Gasteiger partial charge in [-0.05, 0) is 12.0 Å². The molecule has 0 aromatic heterocycles. The van der Waals surface area contributed by atoms with E-state index in [4.69, 9.17) is 5.26 Å². The van der Waals surface area contributed by atoms with Crippen LogP contribution in [0, 0.1) is 11.3 Å². The molecule has 0 saturated carbocycles. The van der Waals surface area contributed by atoms with Gasteiger partial charge in [-0.1, -0.05) is 37.3 Å². The van der Waals surface area contributed by atoms with E-state index in [0.717, 1.165) is 38.2 Å². The highest BCUT2D eigenvalue weighted by atomic mass is 16.2. The molecule has 0 bridgehead atoms. The summed E-state index contributed by atoms with van der Waals surface area (Å²) in [6.07, 6.45) is 0.821. The van der Waals surface area contributed by atoms with Gasteiger partial charge in [0.05, 0.1) is 18.5 Å². The Hall–Kier alpha value is -1.86. The minimum absolute atomic E-state index is 0.0429. The number of nitriles is 1. The van der Waals surface area contributed by atoms with E-state index in [1.807, 2.05) is 35.2 Å². The topological polar surface area (TPSA) is 47.3 Å². The van der Waals surface area contributed by atoms with Crippen molar-refractivity contribution in [1.82, 2.24) is 9.80 Å². The largest absolute Gasteiger partial charge is 0.340 e. The molecular formula is C16H21N3O. The second-order valence-corrected chi connectivity index (χ2v) is 5.13. The number of carbonyl (C=O) groups is 1. The van der Waals surface area contributed by atoms with Gasteiger partial charge in [-0.25, -0.2) is 0 Å². The second kappa shape index (κ2) is 7.06. The van der Waals surface area contributed by atoms with Crippen LogP contribution >= 0.6 is 0 Å². The van der Waals surface area contributed by atoms with Crippen molar-refractivity contribution in [3.8, 4) is 6.07 Å². The highest BCUT2D eigenvalue weighted by molar-refractivity contribution is 5.83. The van der Waals surface area contributed by atoms with Gasteiger partial charge < -0.3 is 4.90 Å². The summed E-state index contributed by atoms with van der Waals surface area (Å²) in [5, 5.41) is 8.70. The van der Waals surface area contributed by atoms with E-state index in [0.29, 0.717) is 6.54 Å². The van der Waals surface area contributed by atoms with Gasteiger partial charge in [0.25, 0.3) is 0 Å². The number of amides is 1. The van der Waals surface area contributed by atoms with E-state index >= 15 is 0 Å². The molecule has 1 aliphatic rings. The van der Waals surface area contributed by atoms with Crippen molar-refractivity contribution in [3.63, 3.8) is 0 Å². The van der Waals surface area contributed by atoms with Crippen molar-refractivity contribution in [2.75, 3.05) is 32.7 Å². The van der Waals surface area contributed by atoms with Gasteiger partial charge in [0, 0.05) is 26.2 Å². The van der Waals surface area contributed by atoms with Gasteiger partial charge in [-0.15, -0.1) is 0 Å². The lowest BCUT2D eigenvalue weighted by Gasteiger charge is -2.35. The molecule has 2 rings (SSSR count). The maximum absolute atomic E-state index is 12.6. The molecule has 1 heterocycles. The molecule has 106 valence electrons. The first-order chi connectivity index (χ1) is 9.76. The summed E-state index contributed by atoms with van der Waals surface area (Å²) in [7, 11) is 0. The molecule has 0 N–H and O–H groups in total. The first-order valence-electron chi connectivity index (χ1n) is 7.19. The Kier molecular flexibility index (Phi) is 5.14. The molecule has 1 amide bonds. The van der Waals surface area contributed by atoms with Crippen LogP contribution in [0.2, 0.25) is 0 Å². The fourth-order valence-corrected chi connectivity index (χ4v) is 2.69. The zero-order valence-electron chi connectivity index (χ0n) is 12.0. The Bertz CT molecular complexity index is 472. The van der Waals surface area contributed by atoms with Crippen molar-refractivity contribution in [2.45, 2.75) is 19.3 Å². The lowest BCUT2D eigenvalue weighted by molar-refractivity contribution is -0.134. The van der Waals surface area contributed by atoms with Crippen molar-refractivity contribution < 1.29 is 4.79 Å². The first-order valence-corrected chi connectivity index (χ1v) is 7.19. The molecule has 1 aliphatic heterocycles. The molecule has 1 fully saturated rings. The summed E-state index contributed by atoms with van der Waals surface area (Å²) in [6.45, 7) is 5.56. The fraction of sp³-hybridized carbons (Fsp3) is 0.500. The number of nitrogens with zero attached hydrogens (tertiary/aromatic N) is 3. The minimum atomic E-state index is -0.0429. The third-order valence-corrected chi connectivity index (χ3v) is 3.89. The smallest absolute Gasteiger partial charge is 0.230 e. The molecule has 0 aliphatic carbocycles. The average Bonchev–Trinajstić information content (AvgIpc) is 2.50. The Morgan fingerprint density at radius 2 is 1.90 bits per heavy atom. The van der Waals surface area contributed by atoms with Crippen molar-refractivity contribution in [3.05, 3.63) is 35.9 Å². The van der Waals surface area contributed by atoms with Crippen LogP contribution in [0.3, 0.4) is 0 Å². The van der Waals surface area contributed by atoms with Crippen LogP contribution in [-0.2, 0) is 4.79 Å². The lowest BCUT2D eigenvalue weighted by Crippen LogP contribution is -2.49. The summed E-state index contributed by atoms with van der Waals surface area (Å²) >= 11 is 0. The Balaban J connectivity index is 1.99. The highest BCUT2D eigenvalue weighted by Crippen LogP contribution is 2.22. The van der Waals surface area contributed by atoms with Crippen LogP contribution in [0.1, 0.15) is 24.8 Å².